The van der Waals surface area contributed by atoms with Crippen molar-refractivity contribution in [2.24, 2.45) is 7.05 Å². The zero-order valence-electron chi connectivity index (χ0n) is 14.5. The molecule has 0 saturated heterocycles. The molecule has 1 aliphatic carbocycles. The van der Waals surface area contributed by atoms with Crippen molar-refractivity contribution in [1.82, 2.24) is 24.5 Å². The second kappa shape index (κ2) is 7.30. The lowest BCUT2D eigenvalue weighted by atomic mass is 10.3. The highest BCUT2D eigenvalue weighted by Crippen LogP contribution is 2.28. The number of fused-ring (bicyclic) bond motifs is 1. The van der Waals surface area contributed by atoms with Gasteiger partial charge in [-0.3, -0.25) is 9.48 Å². The van der Waals surface area contributed by atoms with Crippen molar-refractivity contribution in [3.8, 4) is 0 Å². The van der Waals surface area contributed by atoms with Crippen LogP contribution < -0.4 is 4.72 Å². The fourth-order valence-corrected chi connectivity index (χ4v) is 5.81. The highest BCUT2D eigenvalue weighted by Gasteiger charge is 2.35. The molecule has 27 heavy (non-hydrogen) atoms. The molecule has 0 bridgehead atoms. The quantitative estimate of drug-likeness (QED) is 0.335. The van der Waals surface area contributed by atoms with E-state index in [-0.39, 0.29) is 23.3 Å². The summed E-state index contributed by atoms with van der Waals surface area (Å²) >= 11 is 2.66. The number of thioether (sulfide) groups is 1. The molecule has 3 aromatic heterocycles. The number of sulfonamides is 1. The van der Waals surface area contributed by atoms with Crippen LogP contribution in [0.4, 0.5) is 0 Å². The minimum absolute atomic E-state index is 0.0167. The molecule has 3 heterocycles. The predicted octanol–water partition coefficient (Wildman–Crippen LogP) is 1.98. The SMILES string of the molecule is Cn1ncc2c(SCC(=O)c3ccc(CNS(=O)(=O)C4CC4)s3)ncnc21. The summed E-state index contributed by atoms with van der Waals surface area (Å²) in [5.74, 6) is 0.228. The monoisotopic (exact) mass is 423 g/mol. The van der Waals surface area contributed by atoms with Crippen molar-refractivity contribution in [1.29, 1.82) is 0 Å². The van der Waals surface area contributed by atoms with Crippen LogP contribution in [0, 0.1) is 0 Å². The lowest BCUT2D eigenvalue weighted by molar-refractivity contribution is 0.102. The highest BCUT2D eigenvalue weighted by atomic mass is 32.2. The van der Waals surface area contributed by atoms with Gasteiger partial charge in [0.2, 0.25) is 10.0 Å². The zero-order chi connectivity index (χ0) is 19.0. The molecule has 1 aliphatic rings. The standard InChI is InChI=1S/C16H17N5O3S3/c1-21-15-12(7-19-21)16(18-9-17-15)25-8-13(22)14-5-2-10(26-14)6-20-27(23,24)11-3-4-11/h2,5,7,9,11,20H,3-4,6,8H2,1H3. The van der Waals surface area contributed by atoms with E-state index in [1.54, 1.807) is 30.1 Å². The molecule has 0 radical (unpaired) electrons. The first-order chi connectivity index (χ1) is 12.9. The van der Waals surface area contributed by atoms with Crippen molar-refractivity contribution in [3.63, 3.8) is 0 Å². The summed E-state index contributed by atoms with van der Waals surface area (Å²) in [5.41, 5.74) is 0.723. The molecule has 8 nitrogen and oxygen atoms in total. The van der Waals surface area contributed by atoms with Gasteiger partial charge in [-0.2, -0.15) is 5.10 Å². The van der Waals surface area contributed by atoms with Gasteiger partial charge in [0, 0.05) is 18.5 Å². The van der Waals surface area contributed by atoms with E-state index in [1.807, 2.05) is 0 Å². The maximum Gasteiger partial charge on any atom is 0.214 e. The first-order valence-electron chi connectivity index (χ1n) is 8.30. The number of carbonyl (C=O) groups excluding carboxylic acids is 1. The third-order valence-corrected chi connectivity index (χ3v) is 8.21. The first-order valence-corrected chi connectivity index (χ1v) is 11.6. The summed E-state index contributed by atoms with van der Waals surface area (Å²) < 4.78 is 28.0. The van der Waals surface area contributed by atoms with Crippen LogP contribution in [0.5, 0.6) is 0 Å². The van der Waals surface area contributed by atoms with Crippen molar-refractivity contribution < 1.29 is 13.2 Å². The van der Waals surface area contributed by atoms with Crippen LogP contribution in [0.3, 0.4) is 0 Å². The molecule has 0 amide bonds. The molecule has 1 saturated carbocycles. The van der Waals surface area contributed by atoms with E-state index >= 15 is 0 Å². The smallest absolute Gasteiger partial charge is 0.214 e. The summed E-state index contributed by atoms with van der Waals surface area (Å²) in [4.78, 5) is 22.3. The third kappa shape index (κ3) is 4.05. The minimum Gasteiger partial charge on any atom is -0.292 e. The number of aromatic nitrogens is 4. The average molecular weight is 424 g/mol. The summed E-state index contributed by atoms with van der Waals surface area (Å²) in [7, 11) is -1.41. The van der Waals surface area contributed by atoms with Crippen molar-refractivity contribution in [2.45, 2.75) is 29.7 Å². The molecular formula is C16H17N5O3S3. The van der Waals surface area contributed by atoms with E-state index in [9.17, 15) is 13.2 Å². The van der Waals surface area contributed by atoms with Crippen LogP contribution in [0.1, 0.15) is 27.4 Å². The normalized spacial score (nSPS) is 14.7. The largest absolute Gasteiger partial charge is 0.292 e. The Morgan fingerprint density at radius 1 is 1.37 bits per heavy atom. The Kier molecular flexibility index (Phi) is 5.01. The maximum absolute atomic E-state index is 12.5. The van der Waals surface area contributed by atoms with Crippen molar-refractivity contribution >= 4 is 49.9 Å². The van der Waals surface area contributed by atoms with Gasteiger partial charge in [-0.1, -0.05) is 11.8 Å². The average Bonchev–Trinajstić information content (AvgIpc) is 3.31. The molecule has 3 aromatic rings. The first kappa shape index (κ1) is 18.5. The lowest BCUT2D eigenvalue weighted by Gasteiger charge is -2.03. The van der Waals surface area contributed by atoms with Crippen molar-refractivity contribution in [2.75, 3.05) is 5.75 Å². The number of hydrogen-bond donors (Lipinski definition) is 1. The third-order valence-electron chi connectivity index (χ3n) is 4.18. The van der Waals surface area contributed by atoms with Crippen LogP contribution in [-0.2, 0) is 23.6 Å². The number of nitrogens with zero attached hydrogens (tertiary/aromatic N) is 4. The fourth-order valence-electron chi connectivity index (χ4n) is 2.55. The van der Waals surface area contributed by atoms with Gasteiger partial charge in [-0.25, -0.2) is 23.1 Å². The molecule has 0 spiro atoms. The van der Waals surface area contributed by atoms with E-state index in [0.29, 0.717) is 4.88 Å². The Labute approximate surface area is 164 Å². The lowest BCUT2D eigenvalue weighted by Crippen LogP contribution is -2.26. The van der Waals surface area contributed by atoms with Gasteiger partial charge in [0.05, 0.1) is 27.5 Å². The van der Waals surface area contributed by atoms with E-state index in [0.717, 1.165) is 33.8 Å². The van der Waals surface area contributed by atoms with Crippen LogP contribution in [0.25, 0.3) is 11.0 Å². The van der Waals surface area contributed by atoms with Crippen LogP contribution in [0.15, 0.2) is 29.7 Å². The van der Waals surface area contributed by atoms with Crippen LogP contribution in [-0.4, -0.2) is 45.0 Å². The number of rotatable bonds is 8. The summed E-state index contributed by atoms with van der Waals surface area (Å²) in [5, 5.41) is 5.46. The molecule has 0 unspecified atom stereocenters. The number of carbonyl (C=O) groups is 1. The van der Waals surface area contributed by atoms with E-state index in [1.165, 1.54) is 29.4 Å². The number of thiophene rings is 1. The molecule has 1 fully saturated rings. The van der Waals surface area contributed by atoms with E-state index in [2.05, 4.69) is 19.8 Å². The number of hydrogen-bond acceptors (Lipinski definition) is 8. The van der Waals surface area contributed by atoms with E-state index in [4.69, 9.17) is 0 Å². The summed E-state index contributed by atoms with van der Waals surface area (Å²) in [6, 6.07) is 3.54. The molecule has 0 aliphatic heterocycles. The second-order valence-electron chi connectivity index (χ2n) is 6.23. The molecule has 0 aromatic carbocycles. The minimum atomic E-state index is -3.22. The van der Waals surface area contributed by atoms with Gasteiger partial charge in [0.25, 0.3) is 0 Å². The molecular weight excluding hydrogens is 406 g/mol. The number of aryl methyl sites for hydroxylation is 1. The Hall–Kier alpha value is -1.82. The molecule has 0 atom stereocenters. The Bertz CT molecular complexity index is 1100. The zero-order valence-corrected chi connectivity index (χ0v) is 16.9. The predicted molar refractivity (Wildman–Crippen MR) is 104 cm³/mol. The number of nitrogens with one attached hydrogen (secondary N) is 1. The Morgan fingerprint density at radius 3 is 2.96 bits per heavy atom. The van der Waals surface area contributed by atoms with Gasteiger partial charge in [-0.15, -0.1) is 11.3 Å². The number of Topliss-reactive ketones (excluding diaryl/α,β-unsaturated/α-hetero) is 1. The number of ketones is 1. The van der Waals surface area contributed by atoms with Crippen molar-refractivity contribution in [3.05, 3.63) is 34.4 Å². The maximum atomic E-state index is 12.5. The molecule has 11 heteroatoms. The Morgan fingerprint density at radius 2 is 2.19 bits per heavy atom. The highest BCUT2D eigenvalue weighted by molar-refractivity contribution is 8.00. The summed E-state index contributed by atoms with van der Waals surface area (Å²) in [6.45, 7) is 0.228. The Balaban J connectivity index is 1.38. The van der Waals surface area contributed by atoms with Gasteiger partial charge >= 0.3 is 0 Å². The molecule has 142 valence electrons. The fraction of sp³-hybridized carbons (Fsp3) is 0.375. The van der Waals surface area contributed by atoms with Gasteiger partial charge < -0.3 is 0 Å². The summed E-state index contributed by atoms with van der Waals surface area (Å²) in [6.07, 6.45) is 4.62. The van der Waals surface area contributed by atoms with Gasteiger partial charge in [-0.05, 0) is 25.0 Å². The van der Waals surface area contributed by atoms with Gasteiger partial charge in [0.15, 0.2) is 11.4 Å². The van der Waals surface area contributed by atoms with Crippen LogP contribution in [0.2, 0.25) is 0 Å². The second-order valence-corrected chi connectivity index (χ2v) is 10.4. The van der Waals surface area contributed by atoms with Crippen LogP contribution >= 0.6 is 23.1 Å². The topological polar surface area (TPSA) is 107 Å². The van der Waals surface area contributed by atoms with Gasteiger partial charge in [0.1, 0.15) is 11.4 Å². The molecule has 4 rings (SSSR count). The van der Waals surface area contributed by atoms with E-state index < -0.39 is 10.0 Å². The molecule has 1 N–H and O–H groups in total.